The molecule has 0 atom stereocenters. The number of thiophene rings is 2. The van der Waals surface area contributed by atoms with Gasteiger partial charge < -0.3 is 0 Å². The van der Waals surface area contributed by atoms with Gasteiger partial charge in [-0.05, 0) is 116 Å². The van der Waals surface area contributed by atoms with Gasteiger partial charge in [-0.2, -0.15) is 0 Å². The number of nitrogens with zero attached hydrogens (tertiary/aromatic N) is 10. The minimum Gasteiger partial charge on any atom is -0.243 e. The molecule has 12 heteroatoms. The molecule has 0 radical (unpaired) electrons. The molecule has 0 aliphatic carbocycles. The molecule has 20 aromatic rings. The van der Waals surface area contributed by atoms with Crippen LogP contribution in [0.5, 0.6) is 0 Å². The Morgan fingerprint density at radius 3 is 1.07 bits per heavy atom. The minimum absolute atomic E-state index is 0.619. The summed E-state index contributed by atoms with van der Waals surface area (Å²) in [5, 5.41) is 4.67. The lowest BCUT2D eigenvalue weighted by molar-refractivity contribution is 1.07. The fourth-order valence-electron chi connectivity index (χ4n) is 13.8. The number of benzene rings is 13. The van der Waals surface area contributed by atoms with E-state index in [0.717, 1.165) is 127 Å². The van der Waals surface area contributed by atoms with Crippen molar-refractivity contribution in [1.29, 1.82) is 0 Å². The number of rotatable bonds is 12. The van der Waals surface area contributed by atoms with Crippen LogP contribution in [0.3, 0.4) is 0 Å². The predicted octanol–water partition coefficient (Wildman–Crippen LogP) is 24.4. The molecular formula is C94H58N10S2. The summed E-state index contributed by atoms with van der Waals surface area (Å²) < 4.78 is 3.61. The Morgan fingerprint density at radius 2 is 0.557 bits per heavy atom. The van der Waals surface area contributed by atoms with E-state index in [-0.39, 0.29) is 0 Å². The van der Waals surface area contributed by atoms with E-state index in [2.05, 4.69) is 272 Å². The molecule has 0 spiro atoms. The van der Waals surface area contributed by atoms with Gasteiger partial charge in [-0.15, -0.1) is 22.7 Å². The number of pyridine rings is 2. The van der Waals surface area contributed by atoms with Crippen molar-refractivity contribution < 1.29 is 0 Å². The number of hydrogen-bond acceptors (Lipinski definition) is 12. The Hall–Kier alpha value is -13.8. The number of fused-ring (bicyclic) bond motifs is 9. The second-order valence-corrected chi connectivity index (χ2v) is 28.0. The van der Waals surface area contributed by atoms with Gasteiger partial charge in [-0.1, -0.05) is 285 Å². The molecule has 0 saturated heterocycles. The second kappa shape index (κ2) is 27.5. The van der Waals surface area contributed by atoms with Gasteiger partial charge in [0.2, 0.25) is 0 Å². The molecule has 0 saturated carbocycles. The predicted molar refractivity (Wildman–Crippen MR) is 437 cm³/mol. The van der Waals surface area contributed by atoms with E-state index in [0.29, 0.717) is 34.9 Å². The van der Waals surface area contributed by atoms with Crippen LogP contribution in [0, 0.1) is 0 Å². The normalized spacial score (nSPS) is 11.4. The lowest BCUT2D eigenvalue weighted by Crippen LogP contribution is -2.00. The fraction of sp³-hybridized carbons (Fsp3) is 0. The van der Waals surface area contributed by atoms with Crippen molar-refractivity contribution in [2.45, 2.75) is 0 Å². The third-order valence-electron chi connectivity index (χ3n) is 19.1. The molecule has 0 aliphatic rings. The maximum atomic E-state index is 5.14. The van der Waals surface area contributed by atoms with Gasteiger partial charge in [0.1, 0.15) is 10.3 Å². The molecule has 0 N–H and O–H groups in total. The Balaban J connectivity index is 0.000000145. The Bertz CT molecular complexity index is 6690. The highest BCUT2D eigenvalue weighted by Crippen LogP contribution is 2.44. The summed E-state index contributed by atoms with van der Waals surface area (Å²) in [4.78, 5) is 50.8. The van der Waals surface area contributed by atoms with Crippen LogP contribution in [0.4, 0.5) is 0 Å². The van der Waals surface area contributed by atoms with Crippen molar-refractivity contribution in [3.05, 3.63) is 352 Å². The van der Waals surface area contributed by atoms with Gasteiger partial charge in [-0.3, -0.25) is 0 Å². The molecule has 20 rings (SSSR count). The van der Waals surface area contributed by atoms with Crippen molar-refractivity contribution in [1.82, 2.24) is 49.8 Å². The maximum absolute atomic E-state index is 5.14. The molecular weight excluding hydrogens is 1330 g/mol. The average molecular weight is 1390 g/mol. The van der Waals surface area contributed by atoms with Gasteiger partial charge in [0.15, 0.2) is 40.6 Å². The lowest BCUT2D eigenvalue weighted by Gasteiger charge is -2.11. The quantitative estimate of drug-likeness (QED) is 0.117. The van der Waals surface area contributed by atoms with E-state index in [1.165, 1.54) is 36.0 Å². The Labute approximate surface area is 618 Å². The van der Waals surface area contributed by atoms with Crippen LogP contribution in [-0.4, -0.2) is 49.8 Å². The number of hydrogen-bond donors (Lipinski definition) is 0. The summed E-state index contributed by atoms with van der Waals surface area (Å²) in [7, 11) is 0. The standard InChI is InChI=1S/2C47H29N5S/c1-3-12-30(13-4-1)31-23-25-33(26-24-31)45-50-44(32-14-5-2-6-15-32)51-46(52-45)37-19-10-17-35(29-37)34-16-9-18-36(28-34)42-43-41(38-20-7-8-22-40(38)53-43)39-21-11-27-48-47(39)49-42;1-3-11-30(12-4-1)31-21-23-33(24-22-31)45-50-44(32-13-5-2-6-14-32)51-46(52-45)38-18-10-17-36(28-38)34-15-9-16-35(27-34)37-25-26-40-41(29-37)48-43-39-19-7-8-20-42(39)53-47(43)49-40/h2*1-29H. The van der Waals surface area contributed by atoms with Crippen molar-refractivity contribution in [2.75, 3.05) is 0 Å². The molecule has 13 aromatic carbocycles. The van der Waals surface area contributed by atoms with E-state index in [9.17, 15) is 0 Å². The van der Waals surface area contributed by atoms with Crippen LogP contribution < -0.4 is 0 Å². The van der Waals surface area contributed by atoms with Crippen LogP contribution in [0.15, 0.2) is 352 Å². The van der Waals surface area contributed by atoms with Crippen LogP contribution >= 0.6 is 22.7 Å². The Kier molecular flexibility index (Phi) is 16.4. The van der Waals surface area contributed by atoms with Crippen LogP contribution in [0.25, 0.3) is 198 Å². The SMILES string of the molecule is c1ccc(-c2ccc(-c3nc(-c4ccccc4)nc(-c4cccc(-c5cccc(-c6ccc7nc8sc9ccccc9c8nc7c6)c5)c4)n3)cc2)cc1.c1ccc(-c2ccc(-c3nc(-c4ccccc4)nc(-c4cccc(-c5cccc(-c6nc7ncccc7c7c6sc6ccccc67)c5)c4)n3)cc2)cc1. The highest BCUT2D eigenvalue weighted by atomic mass is 32.1. The first-order valence-electron chi connectivity index (χ1n) is 35.0. The molecule has 0 bridgehead atoms. The van der Waals surface area contributed by atoms with Crippen molar-refractivity contribution in [3.8, 4) is 135 Å². The maximum Gasteiger partial charge on any atom is 0.164 e. The molecule has 106 heavy (non-hydrogen) atoms. The first-order valence-corrected chi connectivity index (χ1v) is 36.6. The second-order valence-electron chi connectivity index (χ2n) is 25.9. The molecule has 10 nitrogen and oxygen atoms in total. The molecule has 0 aliphatic heterocycles. The summed E-state index contributed by atoms with van der Waals surface area (Å²) in [5.41, 5.74) is 22.2. The van der Waals surface area contributed by atoms with Crippen molar-refractivity contribution in [2.24, 2.45) is 0 Å². The highest BCUT2D eigenvalue weighted by molar-refractivity contribution is 7.26. The molecule has 7 aromatic heterocycles. The zero-order valence-electron chi connectivity index (χ0n) is 56.8. The summed E-state index contributed by atoms with van der Waals surface area (Å²) in [6.07, 6.45) is 1.82. The van der Waals surface area contributed by atoms with E-state index >= 15 is 0 Å². The first-order chi connectivity index (χ1) is 52.5. The number of aromatic nitrogens is 10. The summed E-state index contributed by atoms with van der Waals surface area (Å²) in [6, 6.07) is 119. The molecule has 496 valence electrons. The van der Waals surface area contributed by atoms with E-state index in [1.54, 1.807) is 22.7 Å². The topological polar surface area (TPSA) is 129 Å². The average Bonchev–Trinajstić information content (AvgIpc) is 1.56. The third-order valence-corrected chi connectivity index (χ3v) is 21.4. The Morgan fingerprint density at radius 1 is 0.208 bits per heavy atom. The van der Waals surface area contributed by atoms with Crippen LogP contribution in [-0.2, 0) is 0 Å². The fourth-order valence-corrected chi connectivity index (χ4v) is 16.1. The van der Waals surface area contributed by atoms with Gasteiger partial charge in [0, 0.05) is 76.1 Å². The van der Waals surface area contributed by atoms with Crippen molar-refractivity contribution >= 4 is 85.3 Å². The van der Waals surface area contributed by atoms with E-state index in [1.807, 2.05) is 85.1 Å². The zero-order valence-corrected chi connectivity index (χ0v) is 58.4. The minimum atomic E-state index is 0.619. The molecule has 0 unspecified atom stereocenters. The summed E-state index contributed by atoms with van der Waals surface area (Å²) >= 11 is 3.47. The molecule has 0 fully saturated rings. The largest absolute Gasteiger partial charge is 0.243 e. The third kappa shape index (κ3) is 12.4. The smallest absolute Gasteiger partial charge is 0.164 e. The molecule has 7 heterocycles. The molecule has 0 amide bonds. The summed E-state index contributed by atoms with van der Waals surface area (Å²) in [6.45, 7) is 0. The van der Waals surface area contributed by atoms with E-state index in [4.69, 9.17) is 44.9 Å². The van der Waals surface area contributed by atoms with Gasteiger partial charge in [-0.25, -0.2) is 49.8 Å². The van der Waals surface area contributed by atoms with Gasteiger partial charge >= 0.3 is 0 Å². The van der Waals surface area contributed by atoms with Crippen LogP contribution in [0.1, 0.15) is 0 Å². The summed E-state index contributed by atoms with van der Waals surface area (Å²) in [5.74, 6) is 3.77. The first kappa shape index (κ1) is 63.2. The van der Waals surface area contributed by atoms with Crippen LogP contribution in [0.2, 0.25) is 0 Å². The monoisotopic (exact) mass is 1390 g/mol. The lowest BCUT2D eigenvalue weighted by atomic mass is 9.97. The van der Waals surface area contributed by atoms with Gasteiger partial charge in [0.05, 0.1) is 21.4 Å². The van der Waals surface area contributed by atoms with Gasteiger partial charge in [0.25, 0.3) is 0 Å². The van der Waals surface area contributed by atoms with Crippen molar-refractivity contribution in [3.63, 3.8) is 0 Å². The zero-order chi connectivity index (χ0) is 70.3. The highest BCUT2D eigenvalue weighted by Gasteiger charge is 2.20. The van der Waals surface area contributed by atoms with E-state index < -0.39 is 0 Å².